The quantitative estimate of drug-likeness (QED) is 0.318. The van der Waals surface area contributed by atoms with E-state index in [1.165, 1.54) is 6.08 Å². The number of isocyanates is 1. The molecule has 0 fully saturated rings. The third-order valence-electron chi connectivity index (χ3n) is 2.13. The number of carbonyl (C=O) groups excluding carboxylic acids is 1. The largest absolute Gasteiger partial charge is 0.381 e. The predicted molar refractivity (Wildman–Crippen MR) is 58.7 cm³/mol. The van der Waals surface area contributed by atoms with E-state index in [4.69, 9.17) is 9.47 Å². The average Bonchev–Trinajstić information content (AvgIpc) is 2.27. The van der Waals surface area contributed by atoms with Crippen molar-refractivity contribution < 1.29 is 14.3 Å². The second-order valence-corrected chi connectivity index (χ2v) is 3.37. The van der Waals surface area contributed by atoms with Crippen molar-refractivity contribution in [3.05, 3.63) is 0 Å². The van der Waals surface area contributed by atoms with E-state index in [0.29, 0.717) is 6.54 Å². The molecule has 0 aromatic heterocycles. The summed E-state index contributed by atoms with van der Waals surface area (Å²) < 4.78 is 10.7. The Morgan fingerprint density at radius 1 is 1.33 bits per heavy atom. The lowest BCUT2D eigenvalue weighted by Crippen LogP contribution is -2.14. The molecule has 88 valence electrons. The van der Waals surface area contributed by atoms with Gasteiger partial charge in [-0.05, 0) is 25.7 Å². The fourth-order valence-electron chi connectivity index (χ4n) is 1.28. The topological polar surface area (TPSA) is 47.9 Å². The number of nitrogens with zero attached hydrogens (tertiary/aromatic N) is 1. The van der Waals surface area contributed by atoms with Crippen LogP contribution in [0.25, 0.3) is 0 Å². The van der Waals surface area contributed by atoms with Crippen LogP contribution in [-0.4, -0.2) is 39.1 Å². The minimum absolute atomic E-state index is 0.212. The van der Waals surface area contributed by atoms with Crippen molar-refractivity contribution in [2.24, 2.45) is 4.99 Å². The lowest BCUT2D eigenvalue weighted by molar-refractivity contribution is 0.0467. The number of ether oxygens (including phenoxy) is 2. The van der Waals surface area contributed by atoms with Gasteiger partial charge in [0.2, 0.25) is 6.08 Å². The maximum Gasteiger partial charge on any atom is 0.234 e. The van der Waals surface area contributed by atoms with Crippen LogP contribution >= 0.6 is 0 Å². The first-order chi connectivity index (χ1) is 7.35. The van der Waals surface area contributed by atoms with Gasteiger partial charge in [0.25, 0.3) is 0 Å². The fourth-order valence-corrected chi connectivity index (χ4v) is 1.28. The summed E-state index contributed by atoms with van der Waals surface area (Å²) in [6.07, 6.45) is 5.47. The molecule has 0 radical (unpaired) electrons. The van der Waals surface area contributed by atoms with Crippen molar-refractivity contribution in [1.29, 1.82) is 0 Å². The molecule has 0 aromatic rings. The standard InChI is InChI=1S/C11H21NO3/c1-3-8-15-9-6-11(14-2)5-4-7-12-10-13/h11H,3-9H2,1-2H3. The zero-order valence-electron chi connectivity index (χ0n) is 9.70. The lowest BCUT2D eigenvalue weighted by atomic mass is 10.1. The second kappa shape index (κ2) is 11.4. The molecule has 4 nitrogen and oxygen atoms in total. The van der Waals surface area contributed by atoms with Gasteiger partial charge in [0.1, 0.15) is 0 Å². The maximum absolute atomic E-state index is 9.82. The molecule has 0 amide bonds. The van der Waals surface area contributed by atoms with Gasteiger partial charge in [-0.25, -0.2) is 9.79 Å². The van der Waals surface area contributed by atoms with Gasteiger partial charge in [0.15, 0.2) is 0 Å². The molecule has 0 aromatic carbocycles. The molecule has 0 aliphatic carbocycles. The molecule has 0 heterocycles. The first-order valence-corrected chi connectivity index (χ1v) is 5.49. The molecule has 0 saturated carbocycles. The van der Waals surface area contributed by atoms with Crippen LogP contribution in [0.15, 0.2) is 4.99 Å². The highest BCUT2D eigenvalue weighted by atomic mass is 16.5. The minimum Gasteiger partial charge on any atom is -0.381 e. The molecule has 1 unspecified atom stereocenters. The van der Waals surface area contributed by atoms with E-state index in [9.17, 15) is 4.79 Å². The highest BCUT2D eigenvalue weighted by molar-refractivity contribution is 5.32. The molecule has 0 N–H and O–H groups in total. The van der Waals surface area contributed by atoms with Crippen molar-refractivity contribution in [3.8, 4) is 0 Å². The Kier molecular flexibility index (Phi) is 10.8. The summed E-state index contributed by atoms with van der Waals surface area (Å²) in [6, 6.07) is 0. The van der Waals surface area contributed by atoms with Crippen LogP contribution in [0.5, 0.6) is 0 Å². The van der Waals surface area contributed by atoms with Crippen LogP contribution in [0, 0.1) is 0 Å². The number of rotatable bonds is 10. The van der Waals surface area contributed by atoms with Crippen molar-refractivity contribution in [2.75, 3.05) is 26.9 Å². The maximum atomic E-state index is 9.82. The smallest absolute Gasteiger partial charge is 0.234 e. The monoisotopic (exact) mass is 215 g/mol. The number of hydrogen-bond donors (Lipinski definition) is 0. The number of methoxy groups -OCH3 is 1. The predicted octanol–water partition coefficient (Wildman–Crippen LogP) is 1.93. The van der Waals surface area contributed by atoms with E-state index in [2.05, 4.69) is 11.9 Å². The van der Waals surface area contributed by atoms with Gasteiger partial charge in [-0.2, -0.15) is 0 Å². The summed E-state index contributed by atoms with van der Waals surface area (Å²) >= 11 is 0. The molecular weight excluding hydrogens is 194 g/mol. The summed E-state index contributed by atoms with van der Waals surface area (Å²) in [5.41, 5.74) is 0. The van der Waals surface area contributed by atoms with Crippen molar-refractivity contribution in [3.63, 3.8) is 0 Å². The summed E-state index contributed by atoms with van der Waals surface area (Å²) in [5, 5.41) is 0. The molecule has 0 bridgehead atoms. The van der Waals surface area contributed by atoms with Crippen molar-refractivity contribution in [2.45, 2.75) is 38.7 Å². The summed E-state index contributed by atoms with van der Waals surface area (Å²) in [7, 11) is 1.70. The molecule has 15 heavy (non-hydrogen) atoms. The minimum atomic E-state index is 0.212. The summed E-state index contributed by atoms with van der Waals surface area (Å²) in [5.74, 6) is 0. The Labute approximate surface area is 91.7 Å². The van der Waals surface area contributed by atoms with E-state index in [-0.39, 0.29) is 6.10 Å². The highest BCUT2D eigenvalue weighted by Gasteiger charge is 2.06. The van der Waals surface area contributed by atoms with E-state index in [1.807, 2.05) is 0 Å². The Morgan fingerprint density at radius 3 is 2.73 bits per heavy atom. The molecule has 4 heteroatoms. The summed E-state index contributed by atoms with van der Waals surface area (Å²) in [4.78, 5) is 13.3. The van der Waals surface area contributed by atoms with E-state index in [0.717, 1.165) is 38.9 Å². The lowest BCUT2D eigenvalue weighted by Gasteiger charge is -2.14. The van der Waals surface area contributed by atoms with Crippen LogP contribution in [0.2, 0.25) is 0 Å². The van der Waals surface area contributed by atoms with Gasteiger partial charge >= 0.3 is 0 Å². The van der Waals surface area contributed by atoms with Crippen molar-refractivity contribution in [1.82, 2.24) is 0 Å². The SMILES string of the molecule is CCCOCCC(CCCN=C=O)OC. The van der Waals surface area contributed by atoms with Gasteiger partial charge in [-0.1, -0.05) is 6.92 Å². The molecule has 0 spiro atoms. The average molecular weight is 215 g/mol. The molecule has 0 saturated heterocycles. The number of hydrogen-bond acceptors (Lipinski definition) is 4. The van der Waals surface area contributed by atoms with Crippen LogP contribution in [-0.2, 0) is 14.3 Å². The molecule has 0 aliphatic heterocycles. The van der Waals surface area contributed by atoms with Crippen molar-refractivity contribution >= 4 is 6.08 Å². The van der Waals surface area contributed by atoms with Gasteiger partial charge < -0.3 is 9.47 Å². The van der Waals surface area contributed by atoms with Crippen LogP contribution in [0.3, 0.4) is 0 Å². The molecular formula is C11H21NO3. The third kappa shape index (κ3) is 9.60. The van der Waals surface area contributed by atoms with E-state index >= 15 is 0 Å². The fraction of sp³-hybridized carbons (Fsp3) is 0.909. The Bertz CT molecular complexity index is 179. The van der Waals surface area contributed by atoms with Gasteiger partial charge in [-0.3, -0.25) is 0 Å². The Balaban J connectivity index is 3.41. The van der Waals surface area contributed by atoms with E-state index in [1.54, 1.807) is 7.11 Å². The first-order valence-electron chi connectivity index (χ1n) is 5.49. The molecule has 0 rings (SSSR count). The Morgan fingerprint density at radius 2 is 2.13 bits per heavy atom. The number of aliphatic imine (C=N–C) groups is 1. The first kappa shape index (κ1) is 14.3. The van der Waals surface area contributed by atoms with Crippen LogP contribution in [0.4, 0.5) is 0 Å². The molecule has 1 atom stereocenters. The molecule has 0 aliphatic rings. The van der Waals surface area contributed by atoms with Crippen LogP contribution < -0.4 is 0 Å². The van der Waals surface area contributed by atoms with E-state index < -0.39 is 0 Å². The van der Waals surface area contributed by atoms with Gasteiger partial charge in [0.05, 0.1) is 12.6 Å². The van der Waals surface area contributed by atoms with Crippen LogP contribution in [0.1, 0.15) is 32.6 Å². The third-order valence-corrected chi connectivity index (χ3v) is 2.13. The van der Waals surface area contributed by atoms with Gasteiger partial charge in [-0.15, -0.1) is 0 Å². The second-order valence-electron chi connectivity index (χ2n) is 3.37. The normalized spacial score (nSPS) is 12.1. The zero-order valence-corrected chi connectivity index (χ0v) is 9.70. The highest BCUT2D eigenvalue weighted by Crippen LogP contribution is 2.06. The Hall–Kier alpha value is -0.700. The zero-order chi connectivity index (χ0) is 11.4. The van der Waals surface area contributed by atoms with Gasteiger partial charge in [0, 0.05) is 20.3 Å². The summed E-state index contributed by atoms with van der Waals surface area (Å²) in [6.45, 7) is 4.18.